The Morgan fingerprint density at radius 3 is 2.30 bits per heavy atom. The lowest BCUT2D eigenvalue weighted by Crippen LogP contribution is -2.05. The van der Waals surface area contributed by atoms with Crippen LogP contribution in [0.1, 0.15) is 59.0 Å². The predicted molar refractivity (Wildman–Crippen MR) is 101 cm³/mol. The summed E-state index contributed by atoms with van der Waals surface area (Å²) in [4.78, 5) is 22.9. The molecule has 0 fully saturated rings. The number of carbonyl (C=O) groups excluding carboxylic acids is 1. The molecule has 0 aliphatic carbocycles. The summed E-state index contributed by atoms with van der Waals surface area (Å²) < 4.78 is 11.3. The van der Waals surface area contributed by atoms with Gasteiger partial charge in [0.25, 0.3) is 0 Å². The second kappa shape index (κ2) is 9.07. The Hall–Kier alpha value is -3.02. The van der Waals surface area contributed by atoms with E-state index in [-0.39, 0.29) is 35.0 Å². The standard InChI is InChI=1S/C21H24O6/c1-4-6-16-18(10-9-15(13(3)22)20(16)23)27-12-14-7-8-17(21(24)25)19(11-14)26-5-2/h7-11,23H,4-6,12H2,1-3H3,(H,24,25). The number of aromatic carboxylic acids is 1. The van der Waals surface area contributed by atoms with E-state index in [4.69, 9.17) is 9.47 Å². The minimum atomic E-state index is -1.05. The van der Waals surface area contributed by atoms with Crippen molar-refractivity contribution >= 4 is 11.8 Å². The van der Waals surface area contributed by atoms with Crippen molar-refractivity contribution in [2.75, 3.05) is 6.61 Å². The molecule has 2 N–H and O–H groups in total. The molecule has 0 aliphatic heterocycles. The number of hydrogen-bond acceptors (Lipinski definition) is 5. The Morgan fingerprint density at radius 1 is 1.00 bits per heavy atom. The van der Waals surface area contributed by atoms with E-state index >= 15 is 0 Å². The van der Waals surface area contributed by atoms with Gasteiger partial charge in [0, 0.05) is 5.56 Å². The number of ketones is 1. The third kappa shape index (κ3) is 4.78. The van der Waals surface area contributed by atoms with Gasteiger partial charge in [-0.25, -0.2) is 4.79 Å². The molecular formula is C21H24O6. The fourth-order valence-electron chi connectivity index (χ4n) is 2.80. The molecule has 0 heterocycles. The molecule has 0 radical (unpaired) electrons. The van der Waals surface area contributed by atoms with Crippen LogP contribution in [-0.2, 0) is 13.0 Å². The summed E-state index contributed by atoms with van der Waals surface area (Å²) in [6, 6.07) is 8.00. The number of rotatable bonds is 9. The third-order valence-electron chi connectivity index (χ3n) is 4.09. The topological polar surface area (TPSA) is 93.1 Å². The Kier molecular flexibility index (Phi) is 6.82. The van der Waals surface area contributed by atoms with Crippen LogP contribution in [0.25, 0.3) is 0 Å². The lowest BCUT2D eigenvalue weighted by atomic mass is 10.0. The van der Waals surface area contributed by atoms with Crippen LogP contribution in [0.4, 0.5) is 0 Å². The SMILES string of the molecule is CCCc1c(OCc2ccc(C(=O)O)c(OCC)c2)ccc(C(C)=O)c1O. The molecule has 0 aliphatic rings. The largest absolute Gasteiger partial charge is 0.507 e. The van der Waals surface area contributed by atoms with Gasteiger partial charge >= 0.3 is 5.97 Å². The van der Waals surface area contributed by atoms with Gasteiger partial charge in [-0.2, -0.15) is 0 Å². The van der Waals surface area contributed by atoms with E-state index < -0.39 is 5.97 Å². The zero-order chi connectivity index (χ0) is 20.0. The van der Waals surface area contributed by atoms with Gasteiger partial charge < -0.3 is 19.7 Å². The van der Waals surface area contributed by atoms with Crippen molar-refractivity contribution < 1.29 is 29.3 Å². The van der Waals surface area contributed by atoms with Crippen molar-refractivity contribution in [3.63, 3.8) is 0 Å². The highest BCUT2D eigenvalue weighted by atomic mass is 16.5. The van der Waals surface area contributed by atoms with Gasteiger partial charge in [-0.05, 0) is 50.1 Å². The minimum absolute atomic E-state index is 0.0434. The second-order valence-electron chi connectivity index (χ2n) is 6.10. The van der Waals surface area contributed by atoms with E-state index in [0.717, 1.165) is 12.0 Å². The monoisotopic (exact) mass is 372 g/mol. The number of carbonyl (C=O) groups is 2. The second-order valence-corrected chi connectivity index (χ2v) is 6.10. The average molecular weight is 372 g/mol. The van der Waals surface area contributed by atoms with E-state index in [1.807, 2.05) is 6.92 Å². The van der Waals surface area contributed by atoms with Crippen molar-refractivity contribution in [1.82, 2.24) is 0 Å². The molecular weight excluding hydrogens is 348 g/mol. The van der Waals surface area contributed by atoms with Crippen molar-refractivity contribution in [2.45, 2.75) is 40.2 Å². The van der Waals surface area contributed by atoms with E-state index in [0.29, 0.717) is 24.3 Å². The quantitative estimate of drug-likeness (QED) is 0.640. The van der Waals surface area contributed by atoms with Crippen LogP contribution < -0.4 is 9.47 Å². The van der Waals surface area contributed by atoms with Gasteiger partial charge in [0.1, 0.15) is 29.4 Å². The highest BCUT2D eigenvalue weighted by Crippen LogP contribution is 2.33. The van der Waals surface area contributed by atoms with Gasteiger partial charge in [0.05, 0.1) is 12.2 Å². The van der Waals surface area contributed by atoms with E-state index in [9.17, 15) is 19.8 Å². The summed E-state index contributed by atoms with van der Waals surface area (Å²) in [5.74, 6) is -0.518. The van der Waals surface area contributed by atoms with Crippen molar-refractivity contribution in [3.8, 4) is 17.2 Å². The molecule has 0 aromatic heterocycles. The first-order chi connectivity index (χ1) is 12.9. The van der Waals surface area contributed by atoms with Crippen LogP contribution in [-0.4, -0.2) is 28.6 Å². The van der Waals surface area contributed by atoms with Crippen molar-refractivity contribution in [3.05, 3.63) is 52.6 Å². The molecule has 0 saturated heterocycles. The Labute approximate surface area is 158 Å². The number of hydrogen-bond donors (Lipinski definition) is 2. The van der Waals surface area contributed by atoms with Gasteiger partial charge in [-0.3, -0.25) is 4.79 Å². The van der Waals surface area contributed by atoms with E-state index in [1.54, 1.807) is 31.2 Å². The summed E-state index contributed by atoms with van der Waals surface area (Å²) in [5, 5.41) is 19.6. The molecule has 2 aromatic rings. The molecule has 144 valence electrons. The third-order valence-corrected chi connectivity index (χ3v) is 4.09. The summed E-state index contributed by atoms with van der Waals surface area (Å²) in [6.45, 7) is 5.69. The Balaban J connectivity index is 2.28. The molecule has 0 saturated carbocycles. The van der Waals surface area contributed by atoms with Crippen LogP contribution in [0, 0.1) is 0 Å². The molecule has 27 heavy (non-hydrogen) atoms. The smallest absolute Gasteiger partial charge is 0.339 e. The first kappa shape index (κ1) is 20.3. The Bertz CT molecular complexity index is 841. The number of benzene rings is 2. The molecule has 0 bridgehead atoms. The van der Waals surface area contributed by atoms with Gasteiger partial charge in [0.2, 0.25) is 0 Å². The summed E-state index contributed by atoms with van der Waals surface area (Å²) in [6.07, 6.45) is 1.36. The fourth-order valence-corrected chi connectivity index (χ4v) is 2.80. The lowest BCUT2D eigenvalue weighted by molar-refractivity contribution is 0.0692. The highest BCUT2D eigenvalue weighted by Gasteiger charge is 2.17. The van der Waals surface area contributed by atoms with Gasteiger partial charge in [0.15, 0.2) is 5.78 Å². The van der Waals surface area contributed by atoms with E-state index in [1.165, 1.54) is 13.0 Å². The first-order valence-electron chi connectivity index (χ1n) is 8.86. The maximum Gasteiger partial charge on any atom is 0.339 e. The number of Topliss-reactive ketones (excluding diaryl/α,β-unsaturated/α-hetero) is 1. The molecule has 2 aromatic carbocycles. The lowest BCUT2D eigenvalue weighted by Gasteiger charge is -2.15. The van der Waals surface area contributed by atoms with Crippen LogP contribution in [0.3, 0.4) is 0 Å². The van der Waals surface area contributed by atoms with Crippen molar-refractivity contribution in [1.29, 1.82) is 0 Å². The van der Waals surface area contributed by atoms with Crippen LogP contribution in [0.15, 0.2) is 30.3 Å². The molecule has 0 spiro atoms. The summed E-state index contributed by atoms with van der Waals surface area (Å²) in [7, 11) is 0. The number of carboxylic acids is 1. The maximum absolute atomic E-state index is 11.6. The molecule has 0 amide bonds. The normalized spacial score (nSPS) is 10.5. The van der Waals surface area contributed by atoms with Crippen molar-refractivity contribution in [2.24, 2.45) is 0 Å². The first-order valence-corrected chi connectivity index (χ1v) is 8.86. The molecule has 2 rings (SSSR count). The number of carboxylic acid groups (broad SMARTS) is 1. The zero-order valence-electron chi connectivity index (χ0n) is 15.7. The number of phenolic OH excluding ortho intramolecular Hbond substituents is 1. The van der Waals surface area contributed by atoms with E-state index in [2.05, 4.69) is 0 Å². The van der Waals surface area contributed by atoms with Gasteiger partial charge in [-0.1, -0.05) is 19.4 Å². The molecule has 6 nitrogen and oxygen atoms in total. The van der Waals surface area contributed by atoms with Gasteiger partial charge in [-0.15, -0.1) is 0 Å². The minimum Gasteiger partial charge on any atom is -0.507 e. The molecule has 0 unspecified atom stereocenters. The zero-order valence-corrected chi connectivity index (χ0v) is 15.7. The van der Waals surface area contributed by atoms with Crippen LogP contribution in [0.5, 0.6) is 17.2 Å². The highest BCUT2D eigenvalue weighted by molar-refractivity contribution is 5.97. The molecule has 6 heteroatoms. The summed E-state index contributed by atoms with van der Waals surface area (Å²) >= 11 is 0. The Morgan fingerprint density at radius 2 is 1.70 bits per heavy atom. The number of ether oxygens (including phenoxy) is 2. The fraction of sp³-hybridized carbons (Fsp3) is 0.333. The number of phenols is 1. The number of aromatic hydroxyl groups is 1. The summed E-state index contributed by atoms with van der Waals surface area (Å²) in [5.41, 5.74) is 1.70. The van der Waals surface area contributed by atoms with Crippen LogP contribution in [0.2, 0.25) is 0 Å². The van der Waals surface area contributed by atoms with Crippen LogP contribution >= 0.6 is 0 Å². The molecule has 0 atom stereocenters. The maximum atomic E-state index is 11.6. The predicted octanol–water partition coefficient (Wildman–Crippen LogP) is 4.22. The average Bonchev–Trinajstić information content (AvgIpc) is 2.62.